The van der Waals surface area contributed by atoms with Gasteiger partial charge < -0.3 is 14.7 Å². The maximum absolute atomic E-state index is 11.1. The van der Waals surface area contributed by atoms with E-state index in [2.05, 4.69) is 0 Å². The maximum atomic E-state index is 11.1. The summed E-state index contributed by atoms with van der Waals surface area (Å²) in [5.41, 5.74) is 0.628. The highest BCUT2D eigenvalue weighted by molar-refractivity contribution is 7.89. The summed E-state index contributed by atoms with van der Waals surface area (Å²) in [6.45, 7) is 0.971. The van der Waals surface area contributed by atoms with Crippen LogP contribution in [-0.4, -0.2) is 45.3 Å². The number of nitrogens with zero attached hydrogens (tertiary/aromatic N) is 1. The van der Waals surface area contributed by atoms with E-state index < -0.39 is 22.0 Å². The second-order valence-corrected chi connectivity index (χ2v) is 5.72. The highest BCUT2D eigenvalue weighted by Crippen LogP contribution is 2.21. The van der Waals surface area contributed by atoms with Crippen LogP contribution in [0.3, 0.4) is 0 Å². The van der Waals surface area contributed by atoms with Crippen LogP contribution in [0.1, 0.15) is 0 Å². The first-order chi connectivity index (χ1) is 8.89. The fraction of sp³-hybridized carbons (Fsp3) is 0.364. The Balaban J connectivity index is 2.28. The van der Waals surface area contributed by atoms with Gasteiger partial charge in [-0.05, 0) is 24.3 Å². The molecule has 1 heterocycles. The van der Waals surface area contributed by atoms with Crippen molar-refractivity contribution in [2.24, 2.45) is 5.14 Å². The number of benzene rings is 1. The number of sulfonamides is 1. The molecule has 104 valence electrons. The standard InChI is InChI=1S/C11H14N2O5S/c12-19(16,17)9-3-1-8(2-4-9)13-5-6-18-7-10(13)11(14)15/h1-4,10H,5-7H2,(H,14,15)(H2,12,16,17). The highest BCUT2D eigenvalue weighted by atomic mass is 32.2. The summed E-state index contributed by atoms with van der Waals surface area (Å²) < 4.78 is 27.4. The van der Waals surface area contributed by atoms with Gasteiger partial charge in [0.25, 0.3) is 0 Å². The second kappa shape index (κ2) is 5.16. The Kier molecular flexibility index (Phi) is 3.74. The number of ether oxygens (including phenoxy) is 1. The Morgan fingerprint density at radius 1 is 1.37 bits per heavy atom. The number of carbonyl (C=O) groups is 1. The molecule has 1 fully saturated rings. The molecular formula is C11H14N2O5S. The van der Waals surface area contributed by atoms with Crippen molar-refractivity contribution in [2.75, 3.05) is 24.7 Å². The first kappa shape index (κ1) is 13.8. The SMILES string of the molecule is NS(=O)(=O)c1ccc(N2CCOCC2C(=O)O)cc1. The first-order valence-corrected chi connectivity index (χ1v) is 7.14. The van der Waals surface area contributed by atoms with Crippen LogP contribution in [0.25, 0.3) is 0 Å². The van der Waals surface area contributed by atoms with Gasteiger partial charge in [-0.3, -0.25) is 0 Å². The van der Waals surface area contributed by atoms with Gasteiger partial charge in [0.1, 0.15) is 0 Å². The van der Waals surface area contributed by atoms with Crippen LogP contribution in [0, 0.1) is 0 Å². The predicted octanol–water partition coefficient (Wildman–Crippen LogP) is -0.376. The van der Waals surface area contributed by atoms with Gasteiger partial charge in [0.2, 0.25) is 10.0 Å². The van der Waals surface area contributed by atoms with Gasteiger partial charge in [-0.1, -0.05) is 0 Å². The minimum absolute atomic E-state index is 0.00335. The lowest BCUT2D eigenvalue weighted by Crippen LogP contribution is -2.50. The summed E-state index contributed by atoms with van der Waals surface area (Å²) in [6.07, 6.45) is 0. The quantitative estimate of drug-likeness (QED) is 0.784. The molecule has 0 amide bonds. The van der Waals surface area contributed by atoms with Gasteiger partial charge in [0.15, 0.2) is 6.04 Å². The van der Waals surface area contributed by atoms with Gasteiger partial charge in [-0.25, -0.2) is 18.4 Å². The van der Waals surface area contributed by atoms with E-state index in [-0.39, 0.29) is 11.5 Å². The van der Waals surface area contributed by atoms with Crippen molar-refractivity contribution in [1.29, 1.82) is 0 Å². The number of morpholine rings is 1. The van der Waals surface area contributed by atoms with E-state index in [1.165, 1.54) is 12.1 Å². The summed E-state index contributed by atoms with van der Waals surface area (Å²) in [5, 5.41) is 14.1. The topological polar surface area (TPSA) is 110 Å². The Morgan fingerprint density at radius 3 is 2.53 bits per heavy atom. The molecule has 1 atom stereocenters. The van der Waals surface area contributed by atoms with Crippen molar-refractivity contribution in [2.45, 2.75) is 10.9 Å². The number of carboxylic acid groups (broad SMARTS) is 1. The van der Waals surface area contributed by atoms with E-state index in [9.17, 15) is 13.2 Å². The molecule has 7 nitrogen and oxygen atoms in total. The van der Waals surface area contributed by atoms with Gasteiger partial charge in [0, 0.05) is 12.2 Å². The molecule has 1 aliphatic heterocycles. The predicted molar refractivity (Wildman–Crippen MR) is 67.4 cm³/mol. The molecule has 3 N–H and O–H groups in total. The Morgan fingerprint density at radius 2 is 2.00 bits per heavy atom. The third kappa shape index (κ3) is 3.03. The fourth-order valence-electron chi connectivity index (χ4n) is 1.94. The zero-order chi connectivity index (χ0) is 14.0. The minimum Gasteiger partial charge on any atom is -0.480 e. The molecule has 0 aromatic heterocycles. The normalized spacial score (nSPS) is 20.3. The molecular weight excluding hydrogens is 272 g/mol. The number of hydrogen-bond acceptors (Lipinski definition) is 5. The van der Waals surface area contributed by atoms with Crippen molar-refractivity contribution in [3.63, 3.8) is 0 Å². The van der Waals surface area contributed by atoms with E-state index in [4.69, 9.17) is 15.0 Å². The van der Waals surface area contributed by atoms with Crippen LogP contribution < -0.4 is 10.0 Å². The fourth-order valence-corrected chi connectivity index (χ4v) is 2.46. The zero-order valence-corrected chi connectivity index (χ0v) is 10.8. The average Bonchev–Trinajstić information content (AvgIpc) is 2.38. The Bertz CT molecular complexity index is 569. The van der Waals surface area contributed by atoms with Gasteiger partial charge >= 0.3 is 5.97 Å². The minimum atomic E-state index is -3.74. The van der Waals surface area contributed by atoms with Crippen molar-refractivity contribution in [3.8, 4) is 0 Å². The lowest BCUT2D eigenvalue weighted by atomic mass is 10.2. The molecule has 1 aromatic carbocycles. The van der Waals surface area contributed by atoms with Crippen LogP contribution >= 0.6 is 0 Å². The Hall–Kier alpha value is -1.64. The average molecular weight is 286 g/mol. The van der Waals surface area contributed by atoms with Crippen LogP contribution in [0.4, 0.5) is 5.69 Å². The molecule has 0 spiro atoms. The number of hydrogen-bond donors (Lipinski definition) is 2. The van der Waals surface area contributed by atoms with Crippen LogP contribution in [0.5, 0.6) is 0 Å². The Labute approximate surface area is 110 Å². The van der Waals surface area contributed by atoms with E-state index in [1.807, 2.05) is 0 Å². The largest absolute Gasteiger partial charge is 0.480 e. The summed E-state index contributed by atoms with van der Waals surface area (Å²) in [7, 11) is -3.74. The lowest BCUT2D eigenvalue weighted by Gasteiger charge is -2.34. The molecule has 0 aliphatic carbocycles. The van der Waals surface area contributed by atoms with Gasteiger partial charge in [-0.2, -0.15) is 0 Å². The van der Waals surface area contributed by atoms with Crippen molar-refractivity contribution >= 4 is 21.7 Å². The molecule has 0 bridgehead atoms. The van der Waals surface area contributed by atoms with Crippen molar-refractivity contribution in [3.05, 3.63) is 24.3 Å². The summed E-state index contributed by atoms with van der Waals surface area (Å²) in [5.74, 6) is -0.977. The molecule has 0 saturated carbocycles. The summed E-state index contributed by atoms with van der Waals surface area (Å²) in [4.78, 5) is 12.8. The van der Waals surface area contributed by atoms with Gasteiger partial charge in [0.05, 0.1) is 18.1 Å². The van der Waals surface area contributed by atoms with Gasteiger partial charge in [-0.15, -0.1) is 0 Å². The lowest BCUT2D eigenvalue weighted by molar-refractivity contribution is -0.141. The number of rotatable bonds is 3. The molecule has 0 radical (unpaired) electrons. The second-order valence-electron chi connectivity index (χ2n) is 4.16. The number of anilines is 1. The van der Waals surface area contributed by atoms with Crippen LogP contribution in [-0.2, 0) is 19.6 Å². The smallest absolute Gasteiger partial charge is 0.328 e. The highest BCUT2D eigenvalue weighted by Gasteiger charge is 2.29. The third-order valence-electron chi connectivity index (χ3n) is 2.91. The van der Waals surface area contributed by atoms with Crippen molar-refractivity contribution in [1.82, 2.24) is 0 Å². The zero-order valence-electron chi connectivity index (χ0n) is 10.0. The van der Waals surface area contributed by atoms with E-state index in [0.29, 0.717) is 18.8 Å². The van der Waals surface area contributed by atoms with E-state index in [1.54, 1.807) is 17.0 Å². The first-order valence-electron chi connectivity index (χ1n) is 5.59. The number of carboxylic acids is 1. The number of primary sulfonamides is 1. The van der Waals surface area contributed by atoms with Crippen molar-refractivity contribution < 1.29 is 23.1 Å². The monoisotopic (exact) mass is 286 g/mol. The summed E-state index contributed by atoms with van der Waals surface area (Å²) in [6, 6.07) is 5.04. The third-order valence-corrected chi connectivity index (χ3v) is 3.84. The number of nitrogens with two attached hydrogens (primary N) is 1. The molecule has 1 aliphatic rings. The van der Waals surface area contributed by atoms with Crippen LogP contribution in [0.15, 0.2) is 29.2 Å². The van der Waals surface area contributed by atoms with E-state index in [0.717, 1.165) is 0 Å². The molecule has 8 heteroatoms. The molecule has 1 unspecified atom stereocenters. The summed E-state index contributed by atoms with van der Waals surface area (Å²) >= 11 is 0. The molecule has 1 aromatic rings. The number of aliphatic carboxylic acids is 1. The molecule has 19 heavy (non-hydrogen) atoms. The van der Waals surface area contributed by atoms with Crippen LogP contribution in [0.2, 0.25) is 0 Å². The molecule has 1 saturated heterocycles. The van der Waals surface area contributed by atoms with E-state index >= 15 is 0 Å². The maximum Gasteiger partial charge on any atom is 0.328 e. The molecule has 2 rings (SSSR count).